The van der Waals surface area contributed by atoms with Gasteiger partial charge in [0.2, 0.25) is 0 Å². The molecular weight excluding hydrogens is 364 g/mol. The average molecular weight is 384 g/mol. The monoisotopic (exact) mass is 382 g/mol. The van der Waals surface area contributed by atoms with E-state index >= 15 is 0 Å². The van der Waals surface area contributed by atoms with Crippen molar-refractivity contribution in [2.24, 2.45) is 11.7 Å². The molecule has 4 N–H and O–H groups in total. The molecule has 8 heteroatoms. The minimum absolute atomic E-state index is 0. The number of aliphatic hydroxyl groups excluding tert-OH is 1. The number of benzene rings is 1. The molecule has 0 bridgehead atoms. The molecule has 0 radical (unpaired) electrons. The number of aromatic hydroxyl groups is 1. The average Bonchev–Trinajstić information content (AvgIpc) is 2.37. The van der Waals surface area contributed by atoms with Crippen LogP contribution in [0, 0.1) is 16.0 Å². The fourth-order valence-corrected chi connectivity index (χ4v) is 2.32. The maximum Gasteiger partial charge on any atom is 0.271 e. The molecule has 0 aliphatic rings. The van der Waals surface area contributed by atoms with E-state index in [4.69, 9.17) is 5.73 Å². The third-order valence-electron chi connectivity index (χ3n) is 3.10. The lowest BCUT2D eigenvalue weighted by atomic mass is 9.95. The minimum Gasteiger partial charge on any atom is -0.506 e. The Labute approximate surface area is 138 Å². The third kappa shape index (κ3) is 5.43. The van der Waals surface area contributed by atoms with Crippen LogP contribution in [0.2, 0.25) is 0 Å². The summed E-state index contributed by atoms with van der Waals surface area (Å²) in [5.41, 5.74) is 5.89. The Morgan fingerprint density at radius 2 is 1.95 bits per heavy atom. The molecule has 1 rings (SSSR count). The molecule has 6 nitrogen and oxygen atoms in total. The summed E-state index contributed by atoms with van der Waals surface area (Å²) in [4.78, 5) is 10.3. The maximum absolute atomic E-state index is 10.8. The van der Waals surface area contributed by atoms with E-state index in [0.29, 0.717) is 12.3 Å². The number of rotatable bonds is 6. The number of aliphatic hydroxyl groups is 1. The number of hydrogen-bond acceptors (Lipinski definition) is 5. The SMILES string of the molecule is CC(C)CC[C@H](O)[C@H](N)c1cc([N+](=O)[O-])cc(Br)c1O.Cl. The number of nitro benzene ring substituents is 1. The standard InChI is InChI=1S/C13H19BrN2O4.ClH/c1-7(2)3-4-11(17)12(15)9-5-8(16(19)20)6-10(14)13(9)18;/h5-7,11-12,17-18H,3-4,15H2,1-2H3;1H/t11-,12+;/m0./s1. The Bertz CT molecular complexity index is 499. The van der Waals surface area contributed by atoms with Crippen molar-refractivity contribution in [2.75, 3.05) is 0 Å². The van der Waals surface area contributed by atoms with Gasteiger partial charge in [0.1, 0.15) is 5.75 Å². The minimum atomic E-state index is -0.870. The summed E-state index contributed by atoms with van der Waals surface area (Å²) in [5.74, 6) is 0.244. The molecule has 0 amide bonds. The second-order valence-electron chi connectivity index (χ2n) is 5.19. The van der Waals surface area contributed by atoms with E-state index in [-0.39, 0.29) is 33.9 Å². The van der Waals surface area contributed by atoms with Gasteiger partial charge in [-0.25, -0.2) is 0 Å². The summed E-state index contributed by atoms with van der Waals surface area (Å²) < 4.78 is 0.188. The molecule has 0 aliphatic heterocycles. The highest BCUT2D eigenvalue weighted by Gasteiger charge is 2.24. The molecule has 1 aromatic rings. The Hall–Kier alpha value is -0.890. The van der Waals surface area contributed by atoms with E-state index in [9.17, 15) is 20.3 Å². The van der Waals surface area contributed by atoms with Gasteiger partial charge in [0.15, 0.2) is 0 Å². The van der Waals surface area contributed by atoms with E-state index in [1.165, 1.54) is 12.1 Å². The molecule has 120 valence electrons. The van der Waals surface area contributed by atoms with Crippen LogP contribution in [0.5, 0.6) is 5.75 Å². The second-order valence-corrected chi connectivity index (χ2v) is 6.04. The van der Waals surface area contributed by atoms with Crippen LogP contribution in [0.15, 0.2) is 16.6 Å². The van der Waals surface area contributed by atoms with Crippen molar-refractivity contribution in [2.45, 2.75) is 38.8 Å². The van der Waals surface area contributed by atoms with Gasteiger partial charge in [0.25, 0.3) is 5.69 Å². The van der Waals surface area contributed by atoms with Crippen LogP contribution < -0.4 is 5.73 Å². The van der Waals surface area contributed by atoms with Crippen molar-refractivity contribution < 1.29 is 15.1 Å². The zero-order valence-electron chi connectivity index (χ0n) is 11.8. The van der Waals surface area contributed by atoms with Crippen LogP contribution in [0.3, 0.4) is 0 Å². The van der Waals surface area contributed by atoms with Crippen LogP contribution in [-0.2, 0) is 0 Å². The number of non-ortho nitro benzene ring substituents is 1. The Morgan fingerprint density at radius 1 is 1.38 bits per heavy atom. The van der Waals surface area contributed by atoms with Crippen molar-refractivity contribution in [1.82, 2.24) is 0 Å². The number of nitrogens with two attached hydrogens (primary N) is 1. The quantitative estimate of drug-likeness (QED) is 0.516. The predicted octanol–water partition coefficient (Wildman–Crippen LogP) is 3.28. The van der Waals surface area contributed by atoms with Gasteiger partial charge < -0.3 is 15.9 Å². The van der Waals surface area contributed by atoms with Gasteiger partial charge >= 0.3 is 0 Å². The first kappa shape index (κ1) is 20.1. The molecule has 0 aromatic heterocycles. The van der Waals surface area contributed by atoms with Crippen molar-refractivity contribution in [3.05, 3.63) is 32.3 Å². The van der Waals surface area contributed by atoms with Gasteiger partial charge in [-0.2, -0.15) is 0 Å². The van der Waals surface area contributed by atoms with Crippen LogP contribution >= 0.6 is 28.3 Å². The predicted molar refractivity (Wildman–Crippen MR) is 86.7 cm³/mol. The number of halogens is 2. The summed E-state index contributed by atoms with van der Waals surface area (Å²) in [5, 5.41) is 30.8. The lowest BCUT2D eigenvalue weighted by molar-refractivity contribution is -0.385. The van der Waals surface area contributed by atoms with Crippen LogP contribution in [0.1, 0.15) is 38.3 Å². The lowest BCUT2D eigenvalue weighted by Gasteiger charge is -2.21. The molecule has 0 heterocycles. The highest BCUT2D eigenvalue weighted by atomic mass is 79.9. The Kier molecular flexibility index (Phi) is 8.17. The Balaban J connectivity index is 0.00000400. The first-order valence-corrected chi connectivity index (χ1v) is 7.13. The number of nitrogens with zero attached hydrogens (tertiary/aromatic N) is 1. The number of phenols is 1. The van der Waals surface area contributed by atoms with E-state index in [1.807, 2.05) is 13.8 Å². The van der Waals surface area contributed by atoms with Crippen molar-refractivity contribution in [3.63, 3.8) is 0 Å². The zero-order valence-corrected chi connectivity index (χ0v) is 14.2. The van der Waals surface area contributed by atoms with Gasteiger partial charge in [0.05, 0.1) is 21.5 Å². The lowest BCUT2D eigenvalue weighted by Crippen LogP contribution is -2.26. The third-order valence-corrected chi connectivity index (χ3v) is 3.71. The molecule has 0 saturated heterocycles. The van der Waals surface area contributed by atoms with E-state index in [2.05, 4.69) is 15.9 Å². The van der Waals surface area contributed by atoms with Gasteiger partial charge in [-0.05, 0) is 34.7 Å². The van der Waals surface area contributed by atoms with Crippen molar-refractivity contribution in [1.29, 1.82) is 0 Å². The smallest absolute Gasteiger partial charge is 0.271 e. The first-order valence-electron chi connectivity index (χ1n) is 6.34. The normalized spacial score (nSPS) is 13.6. The van der Waals surface area contributed by atoms with Gasteiger partial charge in [-0.15, -0.1) is 12.4 Å². The Morgan fingerprint density at radius 3 is 2.43 bits per heavy atom. The molecule has 0 fully saturated rings. The molecular formula is C13H20BrClN2O4. The van der Waals surface area contributed by atoms with Gasteiger partial charge in [-0.1, -0.05) is 13.8 Å². The van der Waals surface area contributed by atoms with E-state index < -0.39 is 17.1 Å². The van der Waals surface area contributed by atoms with Gasteiger partial charge in [-0.3, -0.25) is 10.1 Å². The molecule has 1 aromatic carbocycles. The zero-order chi connectivity index (χ0) is 15.4. The fraction of sp³-hybridized carbons (Fsp3) is 0.538. The molecule has 0 saturated carbocycles. The highest BCUT2D eigenvalue weighted by Crippen LogP contribution is 2.36. The molecule has 0 unspecified atom stereocenters. The first-order chi connectivity index (χ1) is 9.23. The molecule has 21 heavy (non-hydrogen) atoms. The largest absolute Gasteiger partial charge is 0.506 e. The topological polar surface area (TPSA) is 110 Å². The van der Waals surface area contributed by atoms with Gasteiger partial charge in [0, 0.05) is 17.7 Å². The molecule has 0 spiro atoms. The van der Waals surface area contributed by atoms with Crippen LogP contribution in [0.4, 0.5) is 5.69 Å². The number of phenolic OH excluding ortho intramolecular Hbond substituents is 1. The number of nitro groups is 1. The summed E-state index contributed by atoms with van der Waals surface area (Å²) >= 11 is 3.05. The van der Waals surface area contributed by atoms with E-state index in [1.54, 1.807) is 0 Å². The number of hydrogen-bond donors (Lipinski definition) is 3. The molecule has 2 atom stereocenters. The second kappa shape index (κ2) is 8.53. The van der Waals surface area contributed by atoms with Crippen molar-refractivity contribution >= 4 is 34.0 Å². The summed E-state index contributed by atoms with van der Waals surface area (Å²) in [6, 6.07) is 1.53. The summed E-state index contributed by atoms with van der Waals surface area (Å²) in [6.07, 6.45) is 0.391. The molecule has 0 aliphatic carbocycles. The summed E-state index contributed by atoms with van der Waals surface area (Å²) in [6.45, 7) is 4.05. The fourth-order valence-electron chi connectivity index (χ4n) is 1.86. The van der Waals surface area contributed by atoms with E-state index in [0.717, 1.165) is 6.42 Å². The van der Waals surface area contributed by atoms with Crippen LogP contribution in [0.25, 0.3) is 0 Å². The summed E-state index contributed by atoms with van der Waals surface area (Å²) in [7, 11) is 0. The van der Waals surface area contributed by atoms with Crippen molar-refractivity contribution in [3.8, 4) is 5.75 Å². The van der Waals surface area contributed by atoms with Crippen LogP contribution in [-0.4, -0.2) is 21.2 Å². The highest BCUT2D eigenvalue weighted by molar-refractivity contribution is 9.10. The maximum atomic E-state index is 10.8.